The zero-order valence-corrected chi connectivity index (χ0v) is 12.8. The van der Waals surface area contributed by atoms with E-state index in [9.17, 15) is 13.2 Å². The summed E-state index contributed by atoms with van der Waals surface area (Å²) in [5.74, 6) is 0.135. The molecule has 0 radical (unpaired) electrons. The van der Waals surface area contributed by atoms with E-state index in [-0.39, 0.29) is 10.8 Å². The first-order valence-corrected chi connectivity index (χ1v) is 8.41. The van der Waals surface area contributed by atoms with E-state index in [4.69, 9.17) is 4.74 Å². The minimum Gasteiger partial charge on any atom is -0.381 e. The number of hydrogen-bond acceptors (Lipinski definition) is 4. The number of amides is 1. The van der Waals surface area contributed by atoms with Crippen molar-refractivity contribution in [2.24, 2.45) is 5.92 Å². The molecule has 1 saturated heterocycles. The van der Waals surface area contributed by atoms with E-state index < -0.39 is 10.0 Å². The Bertz CT molecular complexity index is 577. The lowest BCUT2D eigenvalue weighted by atomic mass is 10.0. The molecule has 1 aromatic rings. The van der Waals surface area contributed by atoms with Gasteiger partial charge in [-0.05, 0) is 43.0 Å². The lowest BCUT2D eigenvalue weighted by Gasteiger charge is -2.22. The largest absolute Gasteiger partial charge is 0.381 e. The summed E-state index contributed by atoms with van der Waals surface area (Å²) in [6, 6.07) is 6.12. The molecule has 0 aliphatic carbocycles. The Balaban J connectivity index is 1.96. The van der Waals surface area contributed by atoms with Crippen molar-refractivity contribution in [3.63, 3.8) is 0 Å². The van der Waals surface area contributed by atoms with Gasteiger partial charge in [-0.1, -0.05) is 0 Å². The zero-order chi connectivity index (χ0) is 15.3. The summed E-state index contributed by atoms with van der Waals surface area (Å²) < 4.78 is 32.2. The van der Waals surface area contributed by atoms with Crippen LogP contribution in [0.15, 0.2) is 29.2 Å². The number of nitrogens with one attached hydrogen (secondary N) is 2. The van der Waals surface area contributed by atoms with Crippen molar-refractivity contribution in [2.45, 2.75) is 24.7 Å². The fourth-order valence-corrected chi connectivity index (χ4v) is 3.30. The highest BCUT2D eigenvalue weighted by Gasteiger charge is 2.19. The van der Waals surface area contributed by atoms with Gasteiger partial charge in [0.15, 0.2) is 0 Å². The summed E-state index contributed by atoms with van der Waals surface area (Å²) in [5, 5.41) is 2.60. The van der Waals surface area contributed by atoms with E-state index in [1.165, 1.54) is 19.1 Å². The molecule has 0 saturated carbocycles. The summed E-state index contributed by atoms with van der Waals surface area (Å²) >= 11 is 0. The SMILES string of the molecule is CC(=O)Nc1ccc(S(=O)(=O)NCC2CCOCC2)cc1. The Kier molecular flexibility index (Phi) is 5.33. The van der Waals surface area contributed by atoms with Gasteiger partial charge in [0.05, 0.1) is 4.90 Å². The quantitative estimate of drug-likeness (QED) is 0.859. The van der Waals surface area contributed by atoms with E-state index >= 15 is 0 Å². The molecule has 0 bridgehead atoms. The van der Waals surface area contributed by atoms with Crippen molar-refractivity contribution in [3.05, 3.63) is 24.3 Å². The molecule has 1 amide bonds. The van der Waals surface area contributed by atoms with Crippen LogP contribution in [0.25, 0.3) is 0 Å². The average Bonchev–Trinajstić information content (AvgIpc) is 2.46. The van der Waals surface area contributed by atoms with Crippen molar-refractivity contribution in [3.8, 4) is 0 Å². The van der Waals surface area contributed by atoms with Crippen LogP contribution in [0.5, 0.6) is 0 Å². The molecule has 0 aromatic heterocycles. The lowest BCUT2D eigenvalue weighted by Crippen LogP contribution is -2.32. The second-order valence-corrected chi connectivity index (χ2v) is 6.88. The van der Waals surface area contributed by atoms with Gasteiger partial charge in [-0.25, -0.2) is 13.1 Å². The summed E-state index contributed by atoms with van der Waals surface area (Å²) in [7, 11) is -3.51. The molecule has 1 aromatic carbocycles. The van der Waals surface area contributed by atoms with Crippen LogP contribution in [0.2, 0.25) is 0 Å². The predicted octanol–water partition coefficient (Wildman–Crippen LogP) is 1.35. The summed E-state index contributed by atoms with van der Waals surface area (Å²) in [6.45, 7) is 3.22. The number of carbonyl (C=O) groups is 1. The predicted molar refractivity (Wildman–Crippen MR) is 79.5 cm³/mol. The van der Waals surface area contributed by atoms with Gasteiger partial charge in [-0.3, -0.25) is 4.79 Å². The molecular weight excluding hydrogens is 292 g/mol. The summed E-state index contributed by atoms with van der Waals surface area (Å²) in [5.41, 5.74) is 0.575. The second-order valence-electron chi connectivity index (χ2n) is 5.11. The Hall–Kier alpha value is -1.44. The highest BCUT2D eigenvalue weighted by molar-refractivity contribution is 7.89. The number of carbonyl (C=O) groups excluding carboxylic acids is 1. The van der Waals surface area contributed by atoms with Crippen molar-refractivity contribution in [2.75, 3.05) is 25.1 Å². The third-order valence-electron chi connectivity index (χ3n) is 3.39. The topological polar surface area (TPSA) is 84.5 Å². The van der Waals surface area contributed by atoms with Crippen molar-refractivity contribution < 1.29 is 17.9 Å². The van der Waals surface area contributed by atoms with E-state index in [0.717, 1.165) is 12.8 Å². The molecule has 2 rings (SSSR count). The maximum Gasteiger partial charge on any atom is 0.240 e. The summed E-state index contributed by atoms with van der Waals surface area (Å²) in [6.07, 6.45) is 1.76. The summed E-state index contributed by atoms with van der Waals surface area (Å²) in [4.78, 5) is 11.1. The van der Waals surface area contributed by atoms with Gasteiger partial charge in [0, 0.05) is 32.4 Å². The minimum atomic E-state index is -3.51. The first-order chi connectivity index (χ1) is 9.97. The van der Waals surface area contributed by atoms with Crippen LogP contribution >= 0.6 is 0 Å². The number of rotatable bonds is 5. The van der Waals surface area contributed by atoms with Crippen LogP contribution in [0.3, 0.4) is 0 Å². The molecule has 6 nitrogen and oxygen atoms in total. The molecule has 0 unspecified atom stereocenters. The maximum atomic E-state index is 12.2. The monoisotopic (exact) mass is 312 g/mol. The third kappa shape index (κ3) is 4.80. The molecule has 1 heterocycles. The van der Waals surface area contributed by atoms with Gasteiger partial charge in [-0.2, -0.15) is 0 Å². The number of hydrogen-bond donors (Lipinski definition) is 2. The first-order valence-electron chi connectivity index (χ1n) is 6.92. The molecule has 2 N–H and O–H groups in total. The van der Waals surface area contributed by atoms with Gasteiger partial charge in [0.1, 0.15) is 0 Å². The highest BCUT2D eigenvalue weighted by atomic mass is 32.2. The Morgan fingerprint density at radius 1 is 1.24 bits per heavy atom. The molecule has 1 fully saturated rings. The van der Waals surface area contributed by atoms with Gasteiger partial charge < -0.3 is 10.1 Å². The number of benzene rings is 1. The van der Waals surface area contributed by atoms with Crippen LogP contribution in [0, 0.1) is 5.92 Å². The van der Waals surface area contributed by atoms with Crippen LogP contribution in [0.1, 0.15) is 19.8 Å². The average molecular weight is 312 g/mol. The van der Waals surface area contributed by atoms with Gasteiger partial charge in [-0.15, -0.1) is 0 Å². The van der Waals surface area contributed by atoms with Gasteiger partial charge in [0.25, 0.3) is 0 Å². The van der Waals surface area contributed by atoms with E-state index in [2.05, 4.69) is 10.0 Å². The smallest absolute Gasteiger partial charge is 0.240 e. The fourth-order valence-electron chi connectivity index (χ4n) is 2.18. The molecule has 0 spiro atoms. The van der Waals surface area contributed by atoms with E-state index in [1.54, 1.807) is 12.1 Å². The normalized spacial score (nSPS) is 16.6. The standard InChI is InChI=1S/C14H20N2O4S/c1-11(17)16-13-2-4-14(5-3-13)21(18,19)15-10-12-6-8-20-9-7-12/h2-5,12,15H,6-10H2,1H3,(H,16,17). The zero-order valence-electron chi connectivity index (χ0n) is 12.0. The van der Waals surface area contributed by atoms with E-state index in [1.807, 2.05) is 0 Å². The molecular formula is C14H20N2O4S. The van der Waals surface area contributed by atoms with E-state index in [0.29, 0.717) is 31.4 Å². The molecule has 1 aliphatic heterocycles. The van der Waals surface area contributed by atoms with Crippen molar-refractivity contribution in [1.82, 2.24) is 4.72 Å². The number of sulfonamides is 1. The Labute approximate surface area is 124 Å². The van der Waals surface area contributed by atoms with Gasteiger partial charge >= 0.3 is 0 Å². The van der Waals surface area contributed by atoms with Crippen molar-refractivity contribution in [1.29, 1.82) is 0 Å². The Morgan fingerprint density at radius 2 is 1.86 bits per heavy atom. The number of anilines is 1. The highest BCUT2D eigenvalue weighted by Crippen LogP contribution is 2.17. The first kappa shape index (κ1) is 15.9. The van der Waals surface area contributed by atoms with Crippen LogP contribution in [-0.2, 0) is 19.6 Å². The second kappa shape index (κ2) is 7.02. The van der Waals surface area contributed by atoms with Crippen molar-refractivity contribution >= 4 is 21.6 Å². The van der Waals surface area contributed by atoms with Gasteiger partial charge in [0.2, 0.25) is 15.9 Å². The Morgan fingerprint density at radius 3 is 2.43 bits per heavy atom. The van der Waals surface area contributed by atoms with Crippen LogP contribution < -0.4 is 10.0 Å². The van der Waals surface area contributed by atoms with Crippen LogP contribution in [-0.4, -0.2) is 34.1 Å². The minimum absolute atomic E-state index is 0.191. The van der Waals surface area contributed by atoms with Crippen LogP contribution in [0.4, 0.5) is 5.69 Å². The maximum absolute atomic E-state index is 12.2. The molecule has 21 heavy (non-hydrogen) atoms. The molecule has 1 aliphatic rings. The molecule has 116 valence electrons. The lowest BCUT2D eigenvalue weighted by molar-refractivity contribution is -0.114. The number of ether oxygens (including phenoxy) is 1. The third-order valence-corrected chi connectivity index (χ3v) is 4.83. The fraction of sp³-hybridized carbons (Fsp3) is 0.500. The molecule has 7 heteroatoms. The molecule has 0 atom stereocenters.